The molecule has 0 radical (unpaired) electrons. The first-order valence-electron chi connectivity index (χ1n) is 12.6. The largest absolute Gasteiger partial charge is 0.313 e. The Morgan fingerprint density at radius 1 is 0.436 bits per heavy atom. The molecule has 0 N–H and O–H groups in total. The van der Waals surface area contributed by atoms with E-state index in [0.717, 1.165) is 11.1 Å². The zero-order chi connectivity index (χ0) is 26.8. The Hall–Kier alpha value is -5.35. The molecule has 2 heterocycles. The van der Waals surface area contributed by atoms with Crippen LogP contribution in [0.5, 0.6) is 0 Å². The van der Waals surface area contributed by atoms with Gasteiger partial charge in [0.1, 0.15) is 0 Å². The first kappa shape index (κ1) is 24.0. The fraction of sp³-hybridized carbons (Fsp3) is 0. The van der Waals surface area contributed by atoms with Gasteiger partial charge in [0.15, 0.2) is 11.6 Å². The fourth-order valence-electron chi connectivity index (χ4n) is 4.79. The minimum atomic E-state index is -0.212. The third-order valence-corrected chi connectivity index (χ3v) is 6.84. The lowest BCUT2D eigenvalue weighted by atomic mass is 10.0. The van der Waals surface area contributed by atoms with Gasteiger partial charge in [-0.3, -0.25) is 14.4 Å². The van der Waals surface area contributed by atoms with Crippen LogP contribution in [0.4, 0.5) is 0 Å². The van der Waals surface area contributed by atoms with Gasteiger partial charge in [-0.15, -0.1) is 0 Å². The van der Waals surface area contributed by atoms with E-state index in [4.69, 9.17) is 0 Å². The van der Waals surface area contributed by atoms with Gasteiger partial charge >= 0.3 is 0 Å². The Morgan fingerprint density at radius 2 is 0.949 bits per heavy atom. The number of carbonyl (C=O) groups excluding carboxylic acids is 3. The molecule has 0 unspecified atom stereocenters. The van der Waals surface area contributed by atoms with Crippen LogP contribution in [0.25, 0.3) is 16.6 Å². The van der Waals surface area contributed by atoms with E-state index in [9.17, 15) is 14.4 Å². The fourth-order valence-corrected chi connectivity index (χ4v) is 4.79. The van der Waals surface area contributed by atoms with Crippen LogP contribution in [0, 0.1) is 0 Å². The van der Waals surface area contributed by atoms with Crippen LogP contribution < -0.4 is 0 Å². The molecule has 4 heteroatoms. The number of fused-ring (bicyclic) bond motifs is 1. The molecule has 2 aromatic heterocycles. The van der Waals surface area contributed by atoms with Crippen LogP contribution in [0.15, 0.2) is 140 Å². The molecule has 0 aliphatic heterocycles. The lowest BCUT2D eigenvalue weighted by molar-refractivity contribution is 0.102. The summed E-state index contributed by atoms with van der Waals surface area (Å²) >= 11 is 0. The minimum Gasteiger partial charge on any atom is -0.313 e. The van der Waals surface area contributed by atoms with Crippen LogP contribution in [0.1, 0.15) is 47.9 Å². The number of hydrogen-bond donors (Lipinski definition) is 0. The van der Waals surface area contributed by atoms with Gasteiger partial charge < -0.3 is 4.40 Å². The average molecular weight is 506 g/mol. The summed E-state index contributed by atoms with van der Waals surface area (Å²) in [6, 6.07) is 40.4. The van der Waals surface area contributed by atoms with Crippen LogP contribution in [-0.2, 0) is 0 Å². The summed E-state index contributed by atoms with van der Waals surface area (Å²) in [5.74, 6) is -0.573. The maximum Gasteiger partial charge on any atom is 0.209 e. The maximum absolute atomic E-state index is 13.7. The highest BCUT2D eigenvalue weighted by Crippen LogP contribution is 2.26. The number of benzene rings is 4. The number of hydrogen-bond acceptors (Lipinski definition) is 3. The molecule has 0 fully saturated rings. The van der Waals surface area contributed by atoms with Crippen molar-refractivity contribution in [3.63, 3.8) is 0 Å². The minimum absolute atomic E-state index is 0.151. The van der Waals surface area contributed by atoms with Crippen molar-refractivity contribution in [1.82, 2.24) is 4.40 Å². The predicted octanol–water partition coefficient (Wildman–Crippen LogP) is 7.30. The van der Waals surface area contributed by atoms with Crippen molar-refractivity contribution in [2.45, 2.75) is 0 Å². The SMILES string of the molecule is O=C(c1ccccc1)c1ccn2c(C(=O)c3ccc(-c4ccccc4)cc3)cc(C(=O)c3ccccc3)c2c1. The van der Waals surface area contributed by atoms with Gasteiger partial charge in [-0.2, -0.15) is 0 Å². The van der Waals surface area contributed by atoms with Gasteiger partial charge in [0.25, 0.3) is 0 Å². The van der Waals surface area contributed by atoms with Gasteiger partial charge in [0, 0.05) is 34.0 Å². The number of rotatable bonds is 7. The molecule has 4 nitrogen and oxygen atoms in total. The van der Waals surface area contributed by atoms with E-state index in [1.807, 2.05) is 66.7 Å². The topological polar surface area (TPSA) is 55.6 Å². The zero-order valence-electron chi connectivity index (χ0n) is 21.0. The van der Waals surface area contributed by atoms with Crippen LogP contribution in [-0.4, -0.2) is 21.8 Å². The second-order valence-electron chi connectivity index (χ2n) is 9.28. The molecule has 0 aliphatic carbocycles. The van der Waals surface area contributed by atoms with Crippen LogP contribution >= 0.6 is 0 Å². The summed E-state index contributed by atoms with van der Waals surface area (Å²) in [6.07, 6.45) is 1.69. The van der Waals surface area contributed by atoms with Crippen molar-refractivity contribution in [3.05, 3.63) is 173 Å². The molecule has 0 saturated carbocycles. The second-order valence-corrected chi connectivity index (χ2v) is 9.28. The van der Waals surface area contributed by atoms with Gasteiger partial charge in [-0.05, 0) is 29.3 Å². The molecule has 6 aromatic rings. The van der Waals surface area contributed by atoms with E-state index in [0.29, 0.717) is 39.0 Å². The summed E-state index contributed by atoms with van der Waals surface area (Å²) in [5.41, 5.74) is 5.33. The van der Waals surface area contributed by atoms with Crippen molar-refractivity contribution in [1.29, 1.82) is 0 Å². The summed E-state index contributed by atoms with van der Waals surface area (Å²) in [5, 5.41) is 0. The lowest BCUT2D eigenvalue weighted by Crippen LogP contribution is -2.06. The smallest absolute Gasteiger partial charge is 0.209 e. The van der Waals surface area contributed by atoms with E-state index in [2.05, 4.69) is 0 Å². The Bertz CT molecular complexity index is 1820. The van der Waals surface area contributed by atoms with E-state index >= 15 is 0 Å². The number of pyridine rings is 1. The van der Waals surface area contributed by atoms with Crippen LogP contribution in [0.2, 0.25) is 0 Å². The quantitative estimate of drug-likeness (QED) is 0.214. The van der Waals surface area contributed by atoms with Crippen LogP contribution in [0.3, 0.4) is 0 Å². The highest BCUT2D eigenvalue weighted by Gasteiger charge is 2.23. The Labute approximate surface area is 225 Å². The molecule has 0 amide bonds. The highest BCUT2D eigenvalue weighted by atomic mass is 16.1. The highest BCUT2D eigenvalue weighted by molar-refractivity contribution is 6.18. The number of nitrogens with zero attached hydrogens (tertiary/aromatic N) is 1. The molecule has 0 bridgehead atoms. The van der Waals surface area contributed by atoms with Gasteiger partial charge in [0.05, 0.1) is 11.2 Å². The Balaban J connectivity index is 1.44. The first-order valence-corrected chi connectivity index (χ1v) is 12.6. The molecular formula is C35H23NO3. The monoisotopic (exact) mass is 505 g/mol. The van der Waals surface area contributed by atoms with Crippen molar-refractivity contribution >= 4 is 22.9 Å². The normalized spacial score (nSPS) is 10.9. The lowest BCUT2D eigenvalue weighted by Gasteiger charge is -2.07. The number of ketones is 3. The summed E-state index contributed by atoms with van der Waals surface area (Å²) in [6.45, 7) is 0. The molecule has 0 spiro atoms. The van der Waals surface area contributed by atoms with Gasteiger partial charge in [-0.25, -0.2) is 0 Å². The van der Waals surface area contributed by atoms with Gasteiger partial charge in [-0.1, -0.05) is 115 Å². The summed E-state index contributed by atoms with van der Waals surface area (Å²) in [4.78, 5) is 40.5. The summed E-state index contributed by atoms with van der Waals surface area (Å²) < 4.78 is 1.70. The Kier molecular flexibility index (Phi) is 6.28. The zero-order valence-corrected chi connectivity index (χ0v) is 21.0. The first-order chi connectivity index (χ1) is 19.1. The van der Waals surface area contributed by atoms with E-state index in [-0.39, 0.29) is 17.3 Å². The van der Waals surface area contributed by atoms with E-state index in [1.165, 1.54) is 0 Å². The average Bonchev–Trinajstić information content (AvgIpc) is 3.40. The van der Waals surface area contributed by atoms with E-state index < -0.39 is 0 Å². The Morgan fingerprint density at radius 3 is 1.56 bits per heavy atom. The maximum atomic E-state index is 13.7. The van der Waals surface area contributed by atoms with Crippen molar-refractivity contribution in [3.8, 4) is 11.1 Å². The van der Waals surface area contributed by atoms with Crippen molar-refractivity contribution in [2.24, 2.45) is 0 Å². The third-order valence-electron chi connectivity index (χ3n) is 6.84. The van der Waals surface area contributed by atoms with Crippen molar-refractivity contribution in [2.75, 3.05) is 0 Å². The second kappa shape index (κ2) is 10.2. The van der Waals surface area contributed by atoms with Crippen molar-refractivity contribution < 1.29 is 14.4 Å². The predicted molar refractivity (Wildman–Crippen MR) is 152 cm³/mol. The summed E-state index contributed by atoms with van der Waals surface area (Å²) in [7, 11) is 0. The number of aromatic nitrogens is 1. The molecule has 4 aromatic carbocycles. The van der Waals surface area contributed by atoms with E-state index in [1.54, 1.807) is 77.3 Å². The molecule has 0 aliphatic rings. The molecule has 0 saturated heterocycles. The molecule has 6 rings (SSSR count). The standard InChI is InChI=1S/C35H23NO3/c37-33(26-12-6-2-7-13-26)29-20-21-36-31(22-29)30(34(38)27-14-8-3-9-15-27)23-32(36)35(39)28-18-16-25(17-19-28)24-10-4-1-5-11-24/h1-23H. The molecule has 0 atom stereocenters. The van der Waals surface area contributed by atoms with Gasteiger partial charge in [0.2, 0.25) is 5.78 Å². The molecule has 186 valence electrons. The third kappa shape index (κ3) is 4.60. The molecule has 39 heavy (non-hydrogen) atoms. The molecular weight excluding hydrogens is 482 g/mol. The number of carbonyl (C=O) groups is 3.